The molecular formula is C20H19F2N3O3. The van der Waals surface area contributed by atoms with E-state index in [1.807, 2.05) is 6.92 Å². The van der Waals surface area contributed by atoms with E-state index in [2.05, 4.69) is 4.98 Å². The second-order valence-electron chi connectivity index (χ2n) is 6.51. The van der Waals surface area contributed by atoms with Gasteiger partial charge in [0.15, 0.2) is 0 Å². The smallest absolute Gasteiger partial charge is 0.255 e. The van der Waals surface area contributed by atoms with Crippen molar-refractivity contribution in [2.24, 2.45) is 5.73 Å². The Balaban J connectivity index is 2.36. The van der Waals surface area contributed by atoms with Gasteiger partial charge in [0.2, 0.25) is 5.91 Å². The van der Waals surface area contributed by atoms with Gasteiger partial charge in [0.05, 0.1) is 37.0 Å². The molecule has 2 heterocycles. The molecule has 3 aromatic rings. The van der Waals surface area contributed by atoms with Crippen LogP contribution in [0.25, 0.3) is 10.9 Å². The quantitative estimate of drug-likeness (QED) is 0.729. The minimum atomic E-state index is -0.863. The molecule has 0 aliphatic heterocycles. The zero-order valence-corrected chi connectivity index (χ0v) is 15.6. The second-order valence-corrected chi connectivity index (χ2v) is 6.51. The molecule has 3 rings (SSSR count). The number of ether oxygens (including phenoxy) is 1. The first-order valence-electron chi connectivity index (χ1n) is 8.55. The van der Waals surface area contributed by atoms with Gasteiger partial charge in [-0.1, -0.05) is 0 Å². The number of fused-ring (bicyclic) bond motifs is 1. The lowest BCUT2D eigenvalue weighted by Gasteiger charge is -2.21. The van der Waals surface area contributed by atoms with Crippen molar-refractivity contribution >= 4 is 16.8 Å². The number of primary amides is 1. The number of pyridine rings is 2. The van der Waals surface area contributed by atoms with E-state index in [0.29, 0.717) is 22.7 Å². The Morgan fingerprint density at radius 1 is 1.32 bits per heavy atom. The number of methoxy groups -OCH3 is 1. The Kier molecular flexibility index (Phi) is 5.13. The molecule has 0 saturated carbocycles. The number of carbonyl (C=O) groups is 1. The van der Waals surface area contributed by atoms with Crippen molar-refractivity contribution in [3.8, 4) is 5.75 Å². The highest BCUT2D eigenvalue weighted by Crippen LogP contribution is 2.30. The molecule has 0 aliphatic carbocycles. The number of halogens is 2. The van der Waals surface area contributed by atoms with Crippen LogP contribution in [-0.2, 0) is 11.2 Å². The minimum absolute atomic E-state index is 0.0884. The highest BCUT2D eigenvalue weighted by Gasteiger charge is 2.22. The van der Waals surface area contributed by atoms with Crippen LogP contribution in [0.5, 0.6) is 5.75 Å². The lowest BCUT2D eigenvalue weighted by atomic mass is 10.0. The zero-order chi connectivity index (χ0) is 20.6. The van der Waals surface area contributed by atoms with Gasteiger partial charge in [-0.25, -0.2) is 8.78 Å². The molecule has 1 atom stereocenters. The van der Waals surface area contributed by atoms with Gasteiger partial charge in [-0.05, 0) is 32.0 Å². The van der Waals surface area contributed by atoms with Gasteiger partial charge in [-0.2, -0.15) is 0 Å². The van der Waals surface area contributed by atoms with Crippen LogP contribution in [0.3, 0.4) is 0 Å². The number of carbonyl (C=O) groups excluding carboxylic acids is 1. The number of rotatable bonds is 5. The molecule has 0 fully saturated rings. The van der Waals surface area contributed by atoms with Crippen molar-refractivity contribution in [3.05, 3.63) is 69.3 Å². The lowest BCUT2D eigenvalue weighted by Crippen LogP contribution is -2.30. The molecule has 0 unspecified atom stereocenters. The zero-order valence-electron chi connectivity index (χ0n) is 15.6. The number of hydrogen-bond acceptors (Lipinski definition) is 4. The van der Waals surface area contributed by atoms with Gasteiger partial charge in [0, 0.05) is 22.6 Å². The molecule has 2 N–H and O–H groups in total. The summed E-state index contributed by atoms with van der Waals surface area (Å²) in [5.74, 6) is -1.74. The lowest BCUT2D eigenvalue weighted by molar-refractivity contribution is -0.117. The van der Waals surface area contributed by atoms with E-state index in [4.69, 9.17) is 10.5 Å². The van der Waals surface area contributed by atoms with Crippen LogP contribution in [0.1, 0.15) is 29.8 Å². The van der Waals surface area contributed by atoms with Crippen molar-refractivity contribution in [2.45, 2.75) is 26.3 Å². The third-order valence-corrected chi connectivity index (χ3v) is 4.72. The molecule has 8 heteroatoms. The van der Waals surface area contributed by atoms with Gasteiger partial charge < -0.3 is 10.5 Å². The Bertz CT molecular complexity index is 1140. The van der Waals surface area contributed by atoms with Gasteiger partial charge in [-0.15, -0.1) is 0 Å². The standard InChI is InChI=1S/C20H19F2N3O3/c1-10-14-6-12(7-18(23)26)20(27)25(16(14)4-5-17(10)28-3)11(2)19-15(22)8-13(21)9-24-19/h4-6,8-9,11H,7H2,1-3H3,(H2,23,26)/t11-/m0/s1. The highest BCUT2D eigenvalue weighted by atomic mass is 19.1. The Labute approximate surface area is 159 Å². The van der Waals surface area contributed by atoms with E-state index in [1.54, 1.807) is 25.1 Å². The topological polar surface area (TPSA) is 87.2 Å². The van der Waals surface area contributed by atoms with E-state index >= 15 is 0 Å². The minimum Gasteiger partial charge on any atom is -0.496 e. The fourth-order valence-electron chi connectivity index (χ4n) is 3.36. The summed E-state index contributed by atoms with van der Waals surface area (Å²) in [4.78, 5) is 28.3. The van der Waals surface area contributed by atoms with E-state index in [-0.39, 0.29) is 17.7 Å². The highest BCUT2D eigenvalue weighted by molar-refractivity contribution is 5.87. The Hall–Kier alpha value is -3.29. The monoisotopic (exact) mass is 387 g/mol. The number of nitrogens with two attached hydrogens (primary N) is 1. The molecule has 0 aliphatic rings. The number of amides is 1. The van der Waals surface area contributed by atoms with Crippen molar-refractivity contribution in [1.29, 1.82) is 0 Å². The third-order valence-electron chi connectivity index (χ3n) is 4.72. The summed E-state index contributed by atoms with van der Waals surface area (Å²) < 4.78 is 34.2. The van der Waals surface area contributed by atoms with Crippen molar-refractivity contribution < 1.29 is 18.3 Å². The van der Waals surface area contributed by atoms with Gasteiger partial charge in [0.1, 0.15) is 17.4 Å². The van der Waals surface area contributed by atoms with Crippen LogP contribution in [0.15, 0.2) is 35.3 Å². The van der Waals surface area contributed by atoms with E-state index in [1.165, 1.54) is 11.7 Å². The second kappa shape index (κ2) is 7.38. The summed E-state index contributed by atoms with van der Waals surface area (Å²) in [6, 6.07) is 4.83. The predicted molar refractivity (Wildman–Crippen MR) is 100 cm³/mol. The molecular weight excluding hydrogens is 368 g/mol. The van der Waals surface area contributed by atoms with Gasteiger partial charge in [0.25, 0.3) is 5.56 Å². The predicted octanol–water partition coefficient (Wildman–Crippen LogP) is 2.63. The first-order chi connectivity index (χ1) is 13.2. The molecule has 146 valence electrons. The summed E-state index contributed by atoms with van der Waals surface area (Å²) in [6.07, 6.45) is 0.626. The molecule has 2 aromatic heterocycles. The summed E-state index contributed by atoms with van der Waals surface area (Å²) in [5.41, 5.74) is 6.13. The summed E-state index contributed by atoms with van der Waals surface area (Å²) in [6.45, 7) is 3.39. The SMILES string of the molecule is COc1ccc2c(cc(CC(N)=O)c(=O)n2[C@@H](C)c2ncc(F)cc2F)c1C. The van der Waals surface area contributed by atoms with E-state index in [9.17, 15) is 18.4 Å². The van der Waals surface area contributed by atoms with Crippen LogP contribution in [-0.4, -0.2) is 22.6 Å². The number of benzene rings is 1. The van der Waals surface area contributed by atoms with Crippen molar-refractivity contribution in [3.63, 3.8) is 0 Å². The maximum atomic E-state index is 14.3. The van der Waals surface area contributed by atoms with Gasteiger partial charge >= 0.3 is 0 Å². The fraction of sp³-hybridized carbons (Fsp3) is 0.250. The molecule has 0 radical (unpaired) electrons. The average molecular weight is 387 g/mol. The normalized spacial score (nSPS) is 12.2. The van der Waals surface area contributed by atoms with Crippen LogP contribution in [0.2, 0.25) is 0 Å². The molecule has 0 bridgehead atoms. The summed E-state index contributed by atoms with van der Waals surface area (Å²) >= 11 is 0. The van der Waals surface area contributed by atoms with Crippen molar-refractivity contribution in [2.75, 3.05) is 7.11 Å². The molecule has 6 nitrogen and oxygen atoms in total. The number of nitrogens with zero attached hydrogens (tertiary/aromatic N) is 2. The maximum absolute atomic E-state index is 14.3. The summed E-state index contributed by atoms with van der Waals surface area (Å²) in [7, 11) is 1.52. The van der Waals surface area contributed by atoms with Crippen LogP contribution < -0.4 is 16.0 Å². The average Bonchev–Trinajstić information content (AvgIpc) is 2.62. The number of aromatic nitrogens is 2. The number of aryl methyl sites for hydroxylation is 1. The maximum Gasteiger partial charge on any atom is 0.255 e. The van der Waals surface area contributed by atoms with Gasteiger partial charge in [-0.3, -0.25) is 19.1 Å². The number of hydrogen-bond donors (Lipinski definition) is 1. The molecule has 0 saturated heterocycles. The molecule has 0 spiro atoms. The summed E-state index contributed by atoms with van der Waals surface area (Å²) in [5, 5.41) is 0.657. The van der Waals surface area contributed by atoms with Crippen molar-refractivity contribution in [1.82, 2.24) is 9.55 Å². The Morgan fingerprint density at radius 2 is 2.04 bits per heavy atom. The van der Waals surface area contributed by atoms with Crippen LogP contribution >= 0.6 is 0 Å². The van der Waals surface area contributed by atoms with E-state index in [0.717, 1.165) is 11.8 Å². The molecule has 28 heavy (non-hydrogen) atoms. The first kappa shape index (κ1) is 19.5. The van der Waals surface area contributed by atoms with Crippen LogP contribution in [0.4, 0.5) is 8.78 Å². The Morgan fingerprint density at radius 3 is 2.64 bits per heavy atom. The van der Waals surface area contributed by atoms with E-state index < -0.39 is 29.1 Å². The third kappa shape index (κ3) is 3.33. The largest absolute Gasteiger partial charge is 0.496 e. The van der Waals surface area contributed by atoms with Crippen LogP contribution in [0, 0.1) is 18.6 Å². The fourth-order valence-corrected chi connectivity index (χ4v) is 3.36. The molecule has 1 aromatic carbocycles. The first-order valence-corrected chi connectivity index (χ1v) is 8.55. The molecule has 1 amide bonds.